The van der Waals surface area contributed by atoms with Crippen molar-refractivity contribution in [3.8, 4) is 6.07 Å². The fraction of sp³-hybridized carbons (Fsp3) is 0.150. The molecule has 0 aliphatic heterocycles. The third kappa shape index (κ3) is 2.03. The van der Waals surface area contributed by atoms with Crippen LogP contribution in [-0.4, -0.2) is 0 Å². The maximum absolute atomic E-state index is 9.19. The van der Waals surface area contributed by atoms with Crippen LogP contribution in [0.3, 0.4) is 0 Å². The summed E-state index contributed by atoms with van der Waals surface area (Å²) in [7, 11) is 0. The molecule has 0 saturated carbocycles. The topological polar surface area (TPSA) is 35.8 Å². The monoisotopic (exact) mass is 284 g/mol. The van der Waals surface area contributed by atoms with Crippen molar-refractivity contribution >= 4 is 16.5 Å². The van der Waals surface area contributed by atoms with E-state index in [-0.39, 0.29) is 0 Å². The Balaban J connectivity index is 1.70. The van der Waals surface area contributed by atoms with Crippen molar-refractivity contribution in [1.82, 2.24) is 0 Å². The predicted octanol–water partition coefficient (Wildman–Crippen LogP) is 4.42. The lowest BCUT2D eigenvalue weighted by atomic mass is 10.0. The zero-order valence-electron chi connectivity index (χ0n) is 12.3. The zero-order chi connectivity index (χ0) is 14.9. The maximum Gasteiger partial charge on any atom is 0.0995 e. The molecule has 106 valence electrons. The summed E-state index contributed by atoms with van der Waals surface area (Å²) in [6.07, 6.45) is 2.29. The molecule has 0 heterocycles. The summed E-state index contributed by atoms with van der Waals surface area (Å²) in [5, 5.41) is 15.4. The molecule has 0 spiro atoms. The van der Waals surface area contributed by atoms with Crippen molar-refractivity contribution in [3.63, 3.8) is 0 Å². The molecule has 0 radical (unpaired) electrons. The van der Waals surface area contributed by atoms with Gasteiger partial charge in [-0.25, -0.2) is 0 Å². The first-order valence-corrected chi connectivity index (χ1v) is 7.62. The number of aryl methyl sites for hydroxylation is 2. The minimum absolute atomic E-state index is 0.669. The van der Waals surface area contributed by atoms with Crippen LogP contribution < -0.4 is 5.32 Å². The molecule has 0 aromatic heterocycles. The molecule has 1 aliphatic carbocycles. The van der Waals surface area contributed by atoms with E-state index in [0.29, 0.717) is 6.54 Å². The van der Waals surface area contributed by atoms with Crippen LogP contribution in [0.5, 0.6) is 0 Å². The number of anilines is 1. The molecular weight excluding hydrogens is 268 g/mol. The fourth-order valence-corrected chi connectivity index (χ4v) is 3.37. The molecule has 0 unspecified atom stereocenters. The first kappa shape index (κ1) is 12.9. The van der Waals surface area contributed by atoms with Crippen LogP contribution >= 0.6 is 0 Å². The second-order valence-corrected chi connectivity index (χ2v) is 5.73. The summed E-state index contributed by atoms with van der Waals surface area (Å²) < 4.78 is 0. The Morgan fingerprint density at radius 2 is 1.73 bits per heavy atom. The van der Waals surface area contributed by atoms with Crippen molar-refractivity contribution in [3.05, 3.63) is 76.9 Å². The van der Waals surface area contributed by atoms with E-state index >= 15 is 0 Å². The Labute approximate surface area is 130 Å². The highest BCUT2D eigenvalue weighted by Crippen LogP contribution is 2.35. The number of nitrogens with zero attached hydrogens (tertiary/aromatic N) is 1. The van der Waals surface area contributed by atoms with E-state index in [2.05, 4.69) is 41.7 Å². The second kappa shape index (κ2) is 5.20. The molecule has 1 N–H and O–H groups in total. The standard InChI is InChI=1S/C20H16N2/c21-12-16-4-1-2-5-17(16)13-22-19-11-10-15-9-8-14-6-3-7-18(19)20(14)15/h1-7,10-11,22H,8-9,13H2. The van der Waals surface area contributed by atoms with Gasteiger partial charge in [-0.2, -0.15) is 5.26 Å². The first-order chi connectivity index (χ1) is 10.9. The third-order valence-corrected chi connectivity index (χ3v) is 4.48. The molecule has 0 saturated heterocycles. The third-order valence-electron chi connectivity index (χ3n) is 4.48. The lowest BCUT2D eigenvalue weighted by Crippen LogP contribution is -2.02. The number of rotatable bonds is 3. The minimum atomic E-state index is 0.669. The molecule has 2 heteroatoms. The van der Waals surface area contributed by atoms with Crippen LogP contribution in [0.2, 0.25) is 0 Å². The number of hydrogen-bond donors (Lipinski definition) is 1. The van der Waals surface area contributed by atoms with Crippen LogP contribution in [0, 0.1) is 11.3 Å². The quantitative estimate of drug-likeness (QED) is 0.772. The van der Waals surface area contributed by atoms with Gasteiger partial charge in [0.15, 0.2) is 0 Å². The van der Waals surface area contributed by atoms with Gasteiger partial charge in [0, 0.05) is 17.6 Å². The minimum Gasteiger partial charge on any atom is -0.380 e. The van der Waals surface area contributed by atoms with Crippen molar-refractivity contribution in [2.45, 2.75) is 19.4 Å². The van der Waals surface area contributed by atoms with Gasteiger partial charge in [0.2, 0.25) is 0 Å². The van der Waals surface area contributed by atoms with Gasteiger partial charge < -0.3 is 5.32 Å². The molecular formula is C20H16N2. The van der Waals surface area contributed by atoms with Gasteiger partial charge in [-0.3, -0.25) is 0 Å². The highest BCUT2D eigenvalue weighted by atomic mass is 14.9. The lowest BCUT2D eigenvalue weighted by molar-refractivity contribution is 1.02. The molecule has 4 rings (SSSR count). The average molecular weight is 284 g/mol. The SMILES string of the molecule is N#Cc1ccccc1CNc1ccc2c3c(cccc13)CC2. The van der Waals surface area contributed by atoms with Gasteiger partial charge >= 0.3 is 0 Å². The van der Waals surface area contributed by atoms with Gasteiger partial charge in [-0.1, -0.05) is 42.5 Å². The Kier molecular flexibility index (Phi) is 3.05. The van der Waals surface area contributed by atoms with E-state index in [0.717, 1.165) is 29.7 Å². The largest absolute Gasteiger partial charge is 0.380 e. The lowest BCUT2D eigenvalue weighted by Gasteiger charge is -2.12. The molecule has 3 aromatic carbocycles. The number of nitriles is 1. The van der Waals surface area contributed by atoms with Crippen molar-refractivity contribution < 1.29 is 0 Å². The molecule has 0 atom stereocenters. The van der Waals surface area contributed by atoms with Gasteiger partial charge in [0.05, 0.1) is 11.6 Å². The fourth-order valence-electron chi connectivity index (χ4n) is 3.37. The Morgan fingerprint density at radius 3 is 2.59 bits per heavy atom. The normalized spacial score (nSPS) is 12.3. The van der Waals surface area contributed by atoms with Crippen LogP contribution in [0.4, 0.5) is 5.69 Å². The highest BCUT2D eigenvalue weighted by molar-refractivity contribution is 5.99. The van der Waals surface area contributed by atoms with E-state index in [1.165, 1.54) is 21.9 Å². The number of benzene rings is 3. The van der Waals surface area contributed by atoms with Crippen LogP contribution in [0.15, 0.2) is 54.6 Å². The summed E-state index contributed by atoms with van der Waals surface area (Å²) in [6.45, 7) is 0.669. The van der Waals surface area contributed by atoms with Crippen molar-refractivity contribution in [1.29, 1.82) is 5.26 Å². The Morgan fingerprint density at radius 1 is 0.909 bits per heavy atom. The molecule has 3 aromatic rings. The summed E-state index contributed by atoms with van der Waals surface area (Å²) in [4.78, 5) is 0. The first-order valence-electron chi connectivity index (χ1n) is 7.62. The number of hydrogen-bond acceptors (Lipinski definition) is 2. The smallest absolute Gasteiger partial charge is 0.0995 e. The second-order valence-electron chi connectivity index (χ2n) is 5.73. The number of nitrogens with one attached hydrogen (secondary N) is 1. The Bertz CT molecular complexity index is 893. The van der Waals surface area contributed by atoms with E-state index < -0.39 is 0 Å². The summed E-state index contributed by atoms with van der Waals surface area (Å²) >= 11 is 0. The summed E-state index contributed by atoms with van der Waals surface area (Å²) in [5.74, 6) is 0. The molecule has 0 bridgehead atoms. The van der Waals surface area contributed by atoms with Gasteiger partial charge in [0.1, 0.15) is 0 Å². The average Bonchev–Trinajstić information content (AvgIpc) is 3.00. The maximum atomic E-state index is 9.19. The summed E-state index contributed by atoms with van der Waals surface area (Å²) in [5.41, 5.74) is 5.83. The zero-order valence-corrected chi connectivity index (χ0v) is 12.3. The highest BCUT2D eigenvalue weighted by Gasteiger charge is 2.15. The van der Waals surface area contributed by atoms with E-state index in [9.17, 15) is 5.26 Å². The molecule has 2 nitrogen and oxygen atoms in total. The van der Waals surface area contributed by atoms with Crippen LogP contribution in [-0.2, 0) is 19.4 Å². The van der Waals surface area contributed by atoms with Gasteiger partial charge in [-0.15, -0.1) is 0 Å². The van der Waals surface area contributed by atoms with E-state index in [1.807, 2.05) is 24.3 Å². The van der Waals surface area contributed by atoms with E-state index in [1.54, 1.807) is 0 Å². The molecule has 0 amide bonds. The van der Waals surface area contributed by atoms with Crippen LogP contribution in [0.1, 0.15) is 22.3 Å². The van der Waals surface area contributed by atoms with Crippen molar-refractivity contribution in [2.75, 3.05) is 5.32 Å². The van der Waals surface area contributed by atoms with Crippen molar-refractivity contribution in [2.24, 2.45) is 0 Å². The molecule has 0 fully saturated rings. The molecule has 22 heavy (non-hydrogen) atoms. The van der Waals surface area contributed by atoms with Gasteiger partial charge in [0.25, 0.3) is 0 Å². The molecule has 1 aliphatic rings. The predicted molar refractivity (Wildman–Crippen MR) is 89.8 cm³/mol. The summed E-state index contributed by atoms with van der Waals surface area (Å²) in [6, 6.07) is 21.0. The Hall–Kier alpha value is -2.79. The van der Waals surface area contributed by atoms with E-state index in [4.69, 9.17) is 0 Å². The van der Waals surface area contributed by atoms with Gasteiger partial charge in [-0.05, 0) is 47.1 Å². The van der Waals surface area contributed by atoms with Crippen LogP contribution in [0.25, 0.3) is 10.8 Å².